The zero-order chi connectivity index (χ0) is 11.4. The highest BCUT2D eigenvalue weighted by molar-refractivity contribution is 9.11. The third kappa shape index (κ3) is 3.19. The molecule has 1 nitrogen and oxygen atoms in total. The van der Waals surface area contributed by atoms with Crippen LogP contribution in [0.1, 0.15) is 49.4 Å². The number of nitrogens with two attached hydrogens (primary N) is 1. The van der Waals surface area contributed by atoms with Gasteiger partial charge in [0.1, 0.15) is 0 Å². The van der Waals surface area contributed by atoms with Crippen LogP contribution in [0.2, 0.25) is 0 Å². The van der Waals surface area contributed by atoms with E-state index in [-0.39, 0.29) is 6.04 Å². The van der Waals surface area contributed by atoms with Gasteiger partial charge in [0.2, 0.25) is 0 Å². The maximum Gasteiger partial charge on any atom is 0.0702 e. The van der Waals surface area contributed by atoms with Crippen LogP contribution in [0.25, 0.3) is 0 Å². The molecule has 3 heteroatoms. The molecule has 1 aliphatic rings. The monoisotopic (exact) mass is 299 g/mol. The van der Waals surface area contributed by atoms with E-state index in [4.69, 9.17) is 5.73 Å². The van der Waals surface area contributed by atoms with Gasteiger partial charge in [0.25, 0.3) is 0 Å². The van der Waals surface area contributed by atoms with Crippen molar-refractivity contribution in [2.75, 3.05) is 0 Å². The van der Waals surface area contributed by atoms with Gasteiger partial charge in [-0.05, 0) is 53.7 Å². The second-order valence-electron chi connectivity index (χ2n) is 4.35. The predicted molar refractivity (Wildman–Crippen MR) is 74.7 cm³/mol. The summed E-state index contributed by atoms with van der Waals surface area (Å²) in [4.78, 5) is 1.28. The van der Waals surface area contributed by atoms with E-state index >= 15 is 0 Å². The van der Waals surface area contributed by atoms with Crippen LogP contribution < -0.4 is 5.73 Å². The number of hydrogen-bond donors (Lipinski definition) is 1. The van der Waals surface area contributed by atoms with Crippen molar-refractivity contribution in [2.45, 2.75) is 44.6 Å². The summed E-state index contributed by atoms with van der Waals surface area (Å²) in [7, 11) is 0. The maximum absolute atomic E-state index is 6.32. The van der Waals surface area contributed by atoms with Crippen LogP contribution in [0.4, 0.5) is 0 Å². The SMILES string of the molecule is NC(/C1=C/CCCCCC1)c1ccc(Br)s1. The van der Waals surface area contributed by atoms with E-state index in [2.05, 4.69) is 34.1 Å². The Hall–Kier alpha value is -0.120. The first kappa shape index (κ1) is 12.3. The van der Waals surface area contributed by atoms with E-state index in [9.17, 15) is 0 Å². The predicted octanol–water partition coefficient (Wildman–Crippen LogP) is 4.79. The van der Waals surface area contributed by atoms with E-state index in [1.807, 2.05) is 0 Å². The van der Waals surface area contributed by atoms with E-state index in [1.54, 1.807) is 11.3 Å². The number of rotatable bonds is 2. The van der Waals surface area contributed by atoms with Gasteiger partial charge in [-0.15, -0.1) is 11.3 Å². The molecule has 88 valence electrons. The lowest BCUT2D eigenvalue weighted by Gasteiger charge is -2.17. The van der Waals surface area contributed by atoms with Gasteiger partial charge in [-0.25, -0.2) is 0 Å². The molecular formula is C13H18BrNS. The Labute approximate surface area is 110 Å². The van der Waals surface area contributed by atoms with Gasteiger partial charge < -0.3 is 5.73 Å². The molecule has 1 aliphatic carbocycles. The Kier molecular flexibility index (Phi) is 4.62. The second kappa shape index (κ2) is 5.99. The highest BCUT2D eigenvalue weighted by Gasteiger charge is 2.14. The summed E-state index contributed by atoms with van der Waals surface area (Å²) < 4.78 is 1.17. The van der Waals surface area contributed by atoms with Gasteiger partial charge in [0.15, 0.2) is 0 Å². The maximum atomic E-state index is 6.32. The quantitative estimate of drug-likeness (QED) is 0.781. The van der Waals surface area contributed by atoms with Gasteiger partial charge in [0, 0.05) is 4.88 Å². The smallest absolute Gasteiger partial charge is 0.0702 e. The molecule has 1 aromatic heterocycles. The van der Waals surface area contributed by atoms with Crippen LogP contribution in [0.3, 0.4) is 0 Å². The fourth-order valence-corrected chi connectivity index (χ4v) is 3.65. The normalized spacial score (nSPS) is 23.0. The number of thiophene rings is 1. The van der Waals surface area contributed by atoms with Gasteiger partial charge in [-0.1, -0.05) is 24.5 Å². The third-order valence-corrected chi connectivity index (χ3v) is 4.83. The minimum absolute atomic E-state index is 0.120. The van der Waals surface area contributed by atoms with E-state index in [1.165, 1.54) is 52.8 Å². The highest BCUT2D eigenvalue weighted by atomic mass is 79.9. The average molecular weight is 300 g/mol. The summed E-state index contributed by atoms with van der Waals surface area (Å²) in [5.74, 6) is 0. The number of halogens is 1. The molecule has 1 atom stereocenters. The van der Waals surface area contributed by atoms with Crippen molar-refractivity contribution in [3.8, 4) is 0 Å². The molecule has 0 saturated heterocycles. The molecule has 0 aromatic carbocycles. The van der Waals surface area contributed by atoms with E-state index in [0.29, 0.717) is 0 Å². The summed E-state index contributed by atoms with van der Waals surface area (Å²) in [6.07, 6.45) is 10.1. The van der Waals surface area contributed by atoms with Crippen LogP contribution in [0.5, 0.6) is 0 Å². The molecule has 0 radical (unpaired) electrons. The van der Waals surface area contributed by atoms with Crippen molar-refractivity contribution in [3.05, 3.63) is 32.4 Å². The summed E-state index contributed by atoms with van der Waals surface area (Å²) in [5.41, 5.74) is 7.76. The van der Waals surface area contributed by atoms with Crippen LogP contribution in [0.15, 0.2) is 27.6 Å². The van der Waals surface area contributed by atoms with Crippen LogP contribution >= 0.6 is 27.3 Å². The fraction of sp³-hybridized carbons (Fsp3) is 0.538. The van der Waals surface area contributed by atoms with Crippen molar-refractivity contribution in [1.82, 2.24) is 0 Å². The molecule has 0 fully saturated rings. The molecule has 0 bridgehead atoms. The Morgan fingerprint density at radius 1 is 1.19 bits per heavy atom. The molecule has 2 rings (SSSR count). The molecule has 1 unspecified atom stereocenters. The first-order valence-corrected chi connectivity index (χ1v) is 7.58. The zero-order valence-electron chi connectivity index (χ0n) is 9.42. The largest absolute Gasteiger partial charge is 0.320 e. The summed E-state index contributed by atoms with van der Waals surface area (Å²) in [6.45, 7) is 0. The molecule has 2 N–H and O–H groups in total. The Morgan fingerprint density at radius 2 is 2.00 bits per heavy atom. The average Bonchev–Trinajstić information content (AvgIpc) is 2.63. The summed E-state index contributed by atoms with van der Waals surface area (Å²) >= 11 is 5.25. The topological polar surface area (TPSA) is 26.0 Å². The Morgan fingerprint density at radius 3 is 2.75 bits per heavy atom. The van der Waals surface area contributed by atoms with Crippen LogP contribution in [-0.2, 0) is 0 Å². The zero-order valence-corrected chi connectivity index (χ0v) is 11.8. The van der Waals surface area contributed by atoms with Crippen LogP contribution in [-0.4, -0.2) is 0 Å². The minimum atomic E-state index is 0.120. The highest BCUT2D eigenvalue weighted by Crippen LogP contribution is 2.32. The molecular weight excluding hydrogens is 282 g/mol. The molecule has 0 spiro atoms. The van der Waals surface area contributed by atoms with E-state index < -0.39 is 0 Å². The van der Waals surface area contributed by atoms with Crippen molar-refractivity contribution in [2.24, 2.45) is 5.73 Å². The Bertz CT molecular complexity index is 370. The van der Waals surface area contributed by atoms with Crippen molar-refractivity contribution >= 4 is 27.3 Å². The van der Waals surface area contributed by atoms with Gasteiger partial charge >= 0.3 is 0 Å². The Balaban J connectivity index is 2.09. The first-order chi connectivity index (χ1) is 7.77. The van der Waals surface area contributed by atoms with Gasteiger partial charge in [-0.2, -0.15) is 0 Å². The van der Waals surface area contributed by atoms with E-state index in [0.717, 1.165) is 0 Å². The lowest BCUT2D eigenvalue weighted by atomic mass is 9.95. The lowest BCUT2D eigenvalue weighted by Crippen LogP contribution is -2.12. The van der Waals surface area contributed by atoms with Crippen molar-refractivity contribution < 1.29 is 0 Å². The second-order valence-corrected chi connectivity index (χ2v) is 6.85. The molecule has 0 aliphatic heterocycles. The van der Waals surface area contributed by atoms with Gasteiger partial charge in [0.05, 0.1) is 9.83 Å². The fourth-order valence-electron chi connectivity index (χ4n) is 2.18. The molecule has 0 saturated carbocycles. The standard InChI is InChI=1S/C13H18BrNS/c14-12-9-8-11(16-12)13(15)10-6-4-2-1-3-5-7-10/h6,8-9,13H,1-5,7,15H2/b10-6+. The van der Waals surface area contributed by atoms with Crippen molar-refractivity contribution in [3.63, 3.8) is 0 Å². The molecule has 0 amide bonds. The molecule has 16 heavy (non-hydrogen) atoms. The third-order valence-electron chi connectivity index (χ3n) is 3.13. The number of allylic oxidation sites excluding steroid dienone is 1. The van der Waals surface area contributed by atoms with Gasteiger partial charge in [-0.3, -0.25) is 0 Å². The number of hydrogen-bond acceptors (Lipinski definition) is 2. The minimum Gasteiger partial charge on any atom is -0.320 e. The molecule has 1 heterocycles. The lowest BCUT2D eigenvalue weighted by molar-refractivity contribution is 0.604. The summed E-state index contributed by atoms with van der Waals surface area (Å²) in [5, 5.41) is 0. The molecule has 1 aromatic rings. The first-order valence-electron chi connectivity index (χ1n) is 5.97. The summed E-state index contributed by atoms with van der Waals surface area (Å²) in [6, 6.07) is 4.34. The van der Waals surface area contributed by atoms with Crippen LogP contribution in [0, 0.1) is 0 Å². The van der Waals surface area contributed by atoms with Crippen molar-refractivity contribution in [1.29, 1.82) is 0 Å².